The lowest BCUT2D eigenvalue weighted by Crippen LogP contribution is -2.42. The summed E-state index contributed by atoms with van der Waals surface area (Å²) in [5, 5.41) is 0.234. The topological polar surface area (TPSA) is 102 Å². The molecular formula is C16H17ClN4O4. The highest BCUT2D eigenvalue weighted by Crippen LogP contribution is 2.36. The Labute approximate surface area is 149 Å². The molecule has 0 atom stereocenters. The zero-order valence-electron chi connectivity index (χ0n) is 13.7. The van der Waals surface area contributed by atoms with Gasteiger partial charge in [0, 0.05) is 18.0 Å². The Hall–Kier alpha value is -2.87. The van der Waals surface area contributed by atoms with Gasteiger partial charge < -0.3 is 9.47 Å². The smallest absolute Gasteiger partial charge is 0.289 e. The molecule has 0 radical (unpaired) electrons. The van der Waals surface area contributed by atoms with Gasteiger partial charge in [-0.05, 0) is 18.6 Å². The van der Waals surface area contributed by atoms with E-state index >= 15 is 0 Å². The maximum atomic E-state index is 12.2. The van der Waals surface area contributed by atoms with Crippen molar-refractivity contribution in [3.8, 4) is 11.5 Å². The highest BCUT2D eigenvalue weighted by atomic mass is 35.5. The lowest BCUT2D eigenvalue weighted by molar-refractivity contribution is 0.0843. The summed E-state index contributed by atoms with van der Waals surface area (Å²) in [6.45, 7) is 2.43. The molecular weight excluding hydrogens is 348 g/mol. The van der Waals surface area contributed by atoms with E-state index in [1.165, 1.54) is 37.8 Å². The van der Waals surface area contributed by atoms with Crippen molar-refractivity contribution in [2.24, 2.45) is 0 Å². The lowest BCUT2D eigenvalue weighted by Gasteiger charge is -2.14. The highest BCUT2D eigenvalue weighted by Gasteiger charge is 2.17. The molecule has 0 aliphatic rings. The van der Waals surface area contributed by atoms with E-state index in [9.17, 15) is 9.59 Å². The third-order valence-electron chi connectivity index (χ3n) is 3.03. The second-order valence-corrected chi connectivity index (χ2v) is 5.24. The van der Waals surface area contributed by atoms with E-state index in [1.54, 1.807) is 0 Å². The van der Waals surface area contributed by atoms with E-state index in [2.05, 4.69) is 20.8 Å². The second-order valence-electron chi connectivity index (χ2n) is 4.84. The van der Waals surface area contributed by atoms with Gasteiger partial charge in [-0.1, -0.05) is 18.5 Å². The van der Waals surface area contributed by atoms with Crippen molar-refractivity contribution in [3.63, 3.8) is 0 Å². The Morgan fingerprint density at radius 2 is 1.96 bits per heavy atom. The maximum absolute atomic E-state index is 12.2. The van der Waals surface area contributed by atoms with Gasteiger partial charge in [-0.2, -0.15) is 0 Å². The van der Waals surface area contributed by atoms with Crippen LogP contribution in [0.25, 0.3) is 0 Å². The molecule has 0 unspecified atom stereocenters. The molecule has 132 valence electrons. The Morgan fingerprint density at radius 3 is 2.60 bits per heavy atom. The highest BCUT2D eigenvalue weighted by molar-refractivity contribution is 6.32. The predicted octanol–water partition coefficient (Wildman–Crippen LogP) is 2.00. The van der Waals surface area contributed by atoms with Crippen LogP contribution in [-0.4, -0.2) is 35.5 Å². The van der Waals surface area contributed by atoms with E-state index in [-0.39, 0.29) is 16.3 Å². The monoisotopic (exact) mass is 364 g/mol. The minimum absolute atomic E-state index is 0.0710. The third kappa shape index (κ3) is 4.80. The number of hydrogen-bond donors (Lipinski definition) is 2. The Bertz CT molecular complexity index is 755. The zero-order chi connectivity index (χ0) is 18.2. The number of hydrazine groups is 1. The van der Waals surface area contributed by atoms with Gasteiger partial charge in [0.25, 0.3) is 11.8 Å². The molecule has 0 aliphatic heterocycles. The molecule has 0 spiro atoms. The molecule has 8 nitrogen and oxygen atoms in total. The van der Waals surface area contributed by atoms with E-state index < -0.39 is 11.8 Å². The van der Waals surface area contributed by atoms with Gasteiger partial charge in [0.15, 0.2) is 11.5 Å². The van der Waals surface area contributed by atoms with Gasteiger partial charge >= 0.3 is 0 Å². The number of methoxy groups -OCH3 is 1. The van der Waals surface area contributed by atoms with E-state index in [0.717, 1.165) is 6.42 Å². The summed E-state index contributed by atoms with van der Waals surface area (Å²) in [6.07, 6.45) is 4.89. The van der Waals surface area contributed by atoms with Crippen LogP contribution < -0.4 is 20.3 Å². The van der Waals surface area contributed by atoms with Crippen LogP contribution in [0.4, 0.5) is 0 Å². The summed E-state index contributed by atoms with van der Waals surface area (Å²) in [5.74, 6) is -0.473. The van der Waals surface area contributed by atoms with Crippen molar-refractivity contribution >= 4 is 23.4 Å². The lowest BCUT2D eigenvalue weighted by atomic mass is 10.2. The number of benzene rings is 1. The van der Waals surface area contributed by atoms with Crippen LogP contribution in [0.15, 0.2) is 30.7 Å². The Morgan fingerprint density at radius 1 is 1.20 bits per heavy atom. The quantitative estimate of drug-likeness (QED) is 0.760. The fourth-order valence-electron chi connectivity index (χ4n) is 1.86. The SMILES string of the molecule is CCCOc1c(Cl)cc(C(=O)NNC(=O)c2cnccn2)cc1OC. The molecule has 0 saturated carbocycles. The van der Waals surface area contributed by atoms with E-state index in [4.69, 9.17) is 21.1 Å². The third-order valence-corrected chi connectivity index (χ3v) is 3.31. The zero-order valence-corrected chi connectivity index (χ0v) is 14.5. The summed E-state index contributed by atoms with van der Waals surface area (Å²) in [5.41, 5.74) is 4.79. The number of ether oxygens (including phenoxy) is 2. The fraction of sp³-hybridized carbons (Fsp3) is 0.250. The van der Waals surface area contributed by atoms with Crippen LogP contribution in [0, 0.1) is 0 Å². The molecule has 1 heterocycles. The van der Waals surface area contributed by atoms with Crippen molar-refractivity contribution in [2.45, 2.75) is 13.3 Å². The summed E-state index contributed by atoms with van der Waals surface area (Å²) in [4.78, 5) is 31.7. The largest absolute Gasteiger partial charge is 0.493 e. The maximum Gasteiger partial charge on any atom is 0.289 e. The Balaban J connectivity index is 2.08. The number of amides is 2. The first kappa shape index (κ1) is 18.5. The number of rotatable bonds is 6. The van der Waals surface area contributed by atoms with E-state index in [0.29, 0.717) is 18.1 Å². The normalized spacial score (nSPS) is 10.0. The number of nitrogens with zero attached hydrogens (tertiary/aromatic N) is 2. The minimum Gasteiger partial charge on any atom is -0.493 e. The van der Waals surface area contributed by atoms with E-state index in [1.807, 2.05) is 6.92 Å². The molecule has 0 aliphatic carbocycles. The van der Waals surface area contributed by atoms with Crippen molar-refractivity contribution in [2.75, 3.05) is 13.7 Å². The number of halogens is 1. The first-order valence-corrected chi connectivity index (χ1v) is 7.81. The standard InChI is InChI=1S/C16H17ClN4O4/c1-3-6-25-14-11(17)7-10(8-13(14)24-2)15(22)20-21-16(23)12-9-18-4-5-19-12/h4-5,7-9H,3,6H2,1-2H3,(H,20,22)(H,21,23). The number of nitrogens with one attached hydrogen (secondary N) is 2. The Kier molecular flexibility index (Phi) is 6.53. The average molecular weight is 365 g/mol. The van der Waals surface area contributed by atoms with Crippen LogP contribution in [0.3, 0.4) is 0 Å². The number of carbonyl (C=O) groups is 2. The van der Waals surface area contributed by atoms with Gasteiger partial charge in [0.2, 0.25) is 0 Å². The van der Waals surface area contributed by atoms with Gasteiger partial charge in [-0.3, -0.25) is 25.4 Å². The molecule has 2 aromatic rings. The van der Waals surface area contributed by atoms with Crippen molar-refractivity contribution in [1.29, 1.82) is 0 Å². The molecule has 1 aromatic carbocycles. The number of carbonyl (C=O) groups excluding carboxylic acids is 2. The fourth-order valence-corrected chi connectivity index (χ4v) is 2.13. The molecule has 1 aromatic heterocycles. The number of hydrogen-bond acceptors (Lipinski definition) is 6. The van der Waals surface area contributed by atoms with Gasteiger partial charge in [0.1, 0.15) is 5.69 Å². The summed E-state index contributed by atoms with van der Waals surface area (Å²) >= 11 is 6.16. The van der Waals surface area contributed by atoms with Crippen LogP contribution in [0.2, 0.25) is 5.02 Å². The van der Waals surface area contributed by atoms with Gasteiger partial charge in [-0.15, -0.1) is 0 Å². The van der Waals surface area contributed by atoms with Crippen molar-refractivity contribution in [1.82, 2.24) is 20.8 Å². The predicted molar refractivity (Wildman–Crippen MR) is 90.8 cm³/mol. The minimum atomic E-state index is -0.595. The van der Waals surface area contributed by atoms with Gasteiger partial charge in [0.05, 0.1) is 24.9 Å². The van der Waals surface area contributed by atoms with Crippen LogP contribution in [-0.2, 0) is 0 Å². The molecule has 2 N–H and O–H groups in total. The van der Waals surface area contributed by atoms with Crippen LogP contribution in [0.1, 0.15) is 34.2 Å². The van der Waals surface area contributed by atoms with Crippen LogP contribution in [0.5, 0.6) is 11.5 Å². The van der Waals surface area contributed by atoms with Gasteiger partial charge in [-0.25, -0.2) is 4.98 Å². The molecule has 0 bridgehead atoms. The van der Waals surface area contributed by atoms with Crippen LogP contribution >= 0.6 is 11.6 Å². The van der Waals surface area contributed by atoms with Crippen molar-refractivity contribution < 1.29 is 19.1 Å². The molecule has 9 heteroatoms. The molecule has 2 amide bonds. The average Bonchev–Trinajstić information content (AvgIpc) is 2.64. The number of aromatic nitrogens is 2. The summed E-state index contributed by atoms with van der Waals surface area (Å²) < 4.78 is 10.7. The summed E-state index contributed by atoms with van der Waals surface area (Å²) in [6, 6.07) is 2.90. The second kappa shape index (κ2) is 8.84. The van der Waals surface area contributed by atoms with Crippen molar-refractivity contribution in [3.05, 3.63) is 47.0 Å². The molecule has 25 heavy (non-hydrogen) atoms. The first-order chi connectivity index (χ1) is 12.1. The molecule has 0 saturated heterocycles. The molecule has 2 rings (SSSR count). The molecule has 0 fully saturated rings. The first-order valence-electron chi connectivity index (χ1n) is 7.43. The summed E-state index contributed by atoms with van der Waals surface area (Å²) in [7, 11) is 1.45.